The Balaban J connectivity index is 1.93. The van der Waals surface area contributed by atoms with Crippen molar-refractivity contribution in [2.24, 2.45) is 0 Å². The van der Waals surface area contributed by atoms with E-state index < -0.39 is 11.9 Å². The molecule has 1 aromatic rings. The number of unbranched alkanes of at least 4 members (excludes halogenated alkanes) is 5. The molecule has 0 amide bonds. The Morgan fingerprint density at radius 3 is 2.08 bits per heavy atom. The molecule has 0 aliphatic rings. The molecule has 0 atom stereocenters. The summed E-state index contributed by atoms with van der Waals surface area (Å²) in [7, 11) is 0. The van der Waals surface area contributed by atoms with E-state index >= 15 is 0 Å². The van der Waals surface area contributed by atoms with Crippen LogP contribution in [0, 0.1) is 0 Å². The number of esters is 2. The molecule has 5 heteroatoms. The smallest absolute Gasteiger partial charge is 0.332 e. The molecule has 0 unspecified atom stereocenters. The molecule has 0 heterocycles. The number of hydrogen-bond acceptors (Lipinski definition) is 5. The van der Waals surface area contributed by atoms with Crippen molar-refractivity contribution < 1.29 is 23.8 Å². The topological polar surface area (TPSA) is 61.8 Å². The van der Waals surface area contributed by atoms with Crippen molar-refractivity contribution in [2.75, 3.05) is 26.4 Å². The van der Waals surface area contributed by atoms with Crippen molar-refractivity contribution in [1.82, 2.24) is 0 Å². The largest absolute Gasteiger partial charge is 0.464 e. The predicted octanol–water partition coefficient (Wildman–Crippen LogP) is 3.69. The van der Waals surface area contributed by atoms with E-state index in [4.69, 9.17) is 14.2 Å². The fraction of sp³-hybridized carbons (Fsp3) is 0.600. The summed E-state index contributed by atoms with van der Waals surface area (Å²) in [5.41, 5.74) is 1.11. The van der Waals surface area contributed by atoms with Crippen molar-refractivity contribution in [1.29, 1.82) is 0 Å². The molecule has 0 saturated heterocycles. The molecule has 0 fully saturated rings. The Hall–Kier alpha value is -1.88. The Bertz CT molecular complexity index is 472. The molecule has 5 nitrogen and oxygen atoms in total. The molecule has 0 N–H and O–H groups in total. The molecular formula is C20H30O5. The van der Waals surface area contributed by atoms with Crippen molar-refractivity contribution in [3.05, 3.63) is 35.9 Å². The predicted molar refractivity (Wildman–Crippen MR) is 96.3 cm³/mol. The summed E-state index contributed by atoms with van der Waals surface area (Å²) in [6, 6.07) is 9.78. The summed E-state index contributed by atoms with van der Waals surface area (Å²) in [4.78, 5) is 23.0. The van der Waals surface area contributed by atoms with Crippen LogP contribution in [0.4, 0.5) is 0 Å². The molecule has 0 aliphatic carbocycles. The second kappa shape index (κ2) is 14.5. The van der Waals surface area contributed by atoms with Gasteiger partial charge in [0.2, 0.25) is 0 Å². The minimum absolute atomic E-state index is 0.219. The molecule has 0 bridgehead atoms. The summed E-state index contributed by atoms with van der Waals surface area (Å²) < 4.78 is 15.1. The standard InChI is InChI=1S/C20H30O5/c1-2-3-4-5-6-10-14-24-19(21)16-23-17-20(22)25-15-13-18-11-8-7-9-12-18/h7-9,11-12H,2-6,10,13-17H2,1H3. The van der Waals surface area contributed by atoms with Crippen LogP contribution in [0.2, 0.25) is 0 Å². The van der Waals surface area contributed by atoms with Gasteiger partial charge in [-0.2, -0.15) is 0 Å². The van der Waals surface area contributed by atoms with Gasteiger partial charge in [-0.05, 0) is 12.0 Å². The van der Waals surface area contributed by atoms with Crippen LogP contribution in [0.25, 0.3) is 0 Å². The summed E-state index contributed by atoms with van der Waals surface area (Å²) >= 11 is 0. The van der Waals surface area contributed by atoms with Crippen LogP contribution in [0.3, 0.4) is 0 Å². The van der Waals surface area contributed by atoms with Gasteiger partial charge in [-0.3, -0.25) is 0 Å². The zero-order valence-electron chi connectivity index (χ0n) is 15.2. The van der Waals surface area contributed by atoms with Crippen molar-refractivity contribution >= 4 is 11.9 Å². The van der Waals surface area contributed by atoms with E-state index in [-0.39, 0.29) is 13.2 Å². The number of carbonyl (C=O) groups is 2. The van der Waals surface area contributed by atoms with Crippen LogP contribution in [0.15, 0.2) is 30.3 Å². The lowest BCUT2D eigenvalue weighted by Crippen LogP contribution is -2.19. The summed E-state index contributed by atoms with van der Waals surface area (Å²) in [6.45, 7) is 2.44. The van der Waals surface area contributed by atoms with Gasteiger partial charge in [0, 0.05) is 6.42 Å². The van der Waals surface area contributed by atoms with E-state index in [1.165, 1.54) is 25.7 Å². The van der Waals surface area contributed by atoms with Crippen LogP contribution in [-0.4, -0.2) is 38.4 Å². The van der Waals surface area contributed by atoms with Crippen LogP contribution >= 0.6 is 0 Å². The van der Waals surface area contributed by atoms with Gasteiger partial charge < -0.3 is 14.2 Å². The normalized spacial score (nSPS) is 10.4. The monoisotopic (exact) mass is 350 g/mol. The van der Waals surface area contributed by atoms with E-state index in [1.54, 1.807) is 0 Å². The molecule has 0 radical (unpaired) electrons. The van der Waals surface area contributed by atoms with E-state index in [2.05, 4.69) is 6.92 Å². The van der Waals surface area contributed by atoms with E-state index in [1.807, 2.05) is 30.3 Å². The zero-order chi connectivity index (χ0) is 18.2. The molecule has 0 spiro atoms. The second-order valence-electron chi connectivity index (χ2n) is 5.94. The molecule has 1 aromatic carbocycles. The average molecular weight is 350 g/mol. The highest BCUT2D eigenvalue weighted by Gasteiger charge is 2.07. The molecule has 140 valence electrons. The van der Waals surface area contributed by atoms with Crippen molar-refractivity contribution in [3.8, 4) is 0 Å². The number of ether oxygens (including phenoxy) is 3. The molecule has 0 aromatic heterocycles. The van der Waals surface area contributed by atoms with Gasteiger partial charge in [0.1, 0.15) is 13.2 Å². The Labute approximate surface area is 150 Å². The Morgan fingerprint density at radius 1 is 0.800 bits per heavy atom. The first kappa shape index (κ1) is 21.2. The highest BCUT2D eigenvalue weighted by Crippen LogP contribution is 2.05. The van der Waals surface area contributed by atoms with Crippen LogP contribution in [0.5, 0.6) is 0 Å². The van der Waals surface area contributed by atoms with Crippen molar-refractivity contribution in [3.63, 3.8) is 0 Å². The number of rotatable bonds is 14. The number of benzene rings is 1. The van der Waals surface area contributed by atoms with Gasteiger partial charge in [0.15, 0.2) is 0 Å². The van der Waals surface area contributed by atoms with Gasteiger partial charge >= 0.3 is 11.9 Å². The highest BCUT2D eigenvalue weighted by atomic mass is 16.6. The van der Waals surface area contributed by atoms with Crippen molar-refractivity contribution in [2.45, 2.75) is 51.9 Å². The molecular weight excluding hydrogens is 320 g/mol. The van der Waals surface area contributed by atoms with E-state index in [0.29, 0.717) is 19.6 Å². The Morgan fingerprint density at radius 2 is 1.40 bits per heavy atom. The first-order chi connectivity index (χ1) is 12.2. The van der Waals surface area contributed by atoms with Gasteiger partial charge in [-0.1, -0.05) is 69.4 Å². The first-order valence-corrected chi connectivity index (χ1v) is 9.15. The third kappa shape index (κ3) is 12.2. The van der Waals surface area contributed by atoms with E-state index in [0.717, 1.165) is 18.4 Å². The van der Waals surface area contributed by atoms with E-state index in [9.17, 15) is 9.59 Å². The lowest BCUT2D eigenvalue weighted by molar-refractivity contribution is -0.155. The minimum Gasteiger partial charge on any atom is -0.464 e. The highest BCUT2D eigenvalue weighted by molar-refractivity contribution is 5.73. The first-order valence-electron chi connectivity index (χ1n) is 9.15. The quantitative estimate of drug-likeness (QED) is 0.378. The SMILES string of the molecule is CCCCCCCCOC(=O)COCC(=O)OCCc1ccccc1. The number of hydrogen-bond donors (Lipinski definition) is 0. The fourth-order valence-electron chi connectivity index (χ4n) is 2.30. The van der Waals surface area contributed by atoms with Crippen LogP contribution < -0.4 is 0 Å². The van der Waals surface area contributed by atoms with Gasteiger partial charge in [-0.25, -0.2) is 9.59 Å². The third-order valence-corrected chi connectivity index (χ3v) is 3.70. The molecule has 25 heavy (non-hydrogen) atoms. The lowest BCUT2D eigenvalue weighted by atomic mass is 10.1. The maximum Gasteiger partial charge on any atom is 0.332 e. The zero-order valence-corrected chi connectivity index (χ0v) is 15.2. The molecule has 0 aliphatic heterocycles. The van der Waals surface area contributed by atoms with Gasteiger partial charge in [-0.15, -0.1) is 0 Å². The summed E-state index contributed by atoms with van der Waals surface area (Å²) in [6.07, 6.45) is 7.50. The minimum atomic E-state index is -0.473. The molecule has 0 saturated carbocycles. The fourth-order valence-corrected chi connectivity index (χ4v) is 2.30. The lowest BCUT2D eigenvalue weighted by Gasteiger charge is -2.07. The van der Waals surface area contributed by atoms with Crippen LogP contribution in [-0.2, 0) is 30.2 Å². The average Bonchev–Trinajstić information content (AvgIpc) is 2.62. The second-order valence-corrected chi connectivity index (χ2v) is 5.94. The third-order valence-electron chi connectivity index (χ3n) is 3.70. The number of carbonyl (C=O) groups excluding carboxylic acids is 2. The van der Waals surface area contributed by atoms with Gasteiger partial charge in [0.05, 0.1) is 13.2 Å². The molecule has 1 rings (SSSR count). The maximum absolute atomic E-state index is 11.5. The van der Waals surface area contributed by atoms with Gasteiger partial charge in [0.25, 0.3) is 0 Å². The van der Waals surface area contributed by atoms with Crippen LogP contribution in [0.1, 0.15) is 51.0 Å². The Kier molecular flexibility index (Phi) is 12.2. The summed E-state index contributed by atoms with van der Waals surface area (Å²) in [5, 5.41) is 0. The maximum atomic E-state index is 11.5. The summed E-state index contributed by atoms with van der Waals surface area (Å²) in [5.74, 6) is -0.912.